The zero-order valence-electron chi connectivity index (χ0n) is 18.8. The number of likely N-dealkylation sites (tertiary alicyclic amines) is 1. The lowest BCUT2D eigenvalue weighted by atomic mass is 9.95. The summed E-state index contributed by atoms with van der Waals surface area (Å²) in [5.74, 6) is -0.673. The van der Waals surface area contributed by atoms with Gasteiger partial charge in [-0.1, -0.05) is 48.5 Å². The first-order chi connectivity index (χ1) is 15.5. The van der Waals surface area contributed by atoms with Gasteiger partial charge in [-0.15, -0.1) is 0 Å². The topological polar surface area (TPSA) is 81.8 Å². The molecule has 1 aliphatic rings. The molecule has 1 heterocycles. The fourth-order valence-electron chi connectivity index (χ4n) is 3.97. The minimum absolute atomic E-state index is 0.0262. The highest BCUT2D eigenvalue weighted by Crippen LogP contribution is 2.22. The highest BCUT2D eigenvalue weighted by molar-refractivity contribution is 5.98. The van der Waals surface area contributed by atoms with Gasteiger partial charge in [0.2, 0.25) is 5.91 Å². The number of carbonyl (C=O) groups is 3. The first kappa shape index (κ1) is 23.3. The van der Waals surface area contributed by atoms with E-state index in [-0.39, 0.29) is 23.8 Å². The molecule has 0 saturated carbocycles. The van der Waals surface area contributed by atoms with Gasteiger partial charge in [0.05, 0.1) is 0 Å². The monoisotopic (exact) mass is 436 g/mol. The molecule has 0 spiro atoms. The Morgan fingerprint density at radius 2 is 1.50 bits per heavy atom. The van der Waals surface area contributed by atoms with Crippen LogP contribution in [-0.2, 0) is 9.59 Å². The smallest absolute Gasteiger partial charge is 0.319 e. The summed E-state index contributed by atoms with van der Waals surface area (Å²) in [6.07, 6.45) is 1.17. The minimum Gasteiger partial charge on any atom is -0.340 e. The lowest BCUT2D eigenvalue weighted by Gasteiger charge is -2.35. The largest absolute Gasteiger partial charge is 0.340 e. The van der Waals surface area contributed by atoms with E-state index in [1.165, 1.54) is 0 Å². The van der Waals surface area contributed by atoms with Gasteiger partial charge in [-0.2, -0.15) is 0 Å². The van der Waals surface area contributed by atoms with Crippen LogP contribution in [0.5, 0.6) is 0 Å². The van der Waals surface area contributed by atoms with Crippen molar-refractivity contribution in [2.75, 3.05) is 31.5 Å². The molecule has 32 heavy (non-hydrogen) atoms. The Kier molecular flexibility index (Phi) is 8.25. The molecule has 170 valence electrons. The molecule has 7 nitrogen and oxygen atoms in total. The molecule has 2 aromatic carbocycles. The number of benzene rings is 2. The number of rotatable bonds is 7. The quantitative estimate of drug-likeness (QED) is 0.695. The molecule has 3 rings (SSSR count). The number of piperidine rings is 1. The zero-order chi connectivity index (χ0) is 22.9. The minimum atomic E-state index is -0.792. The lowest BCUT2D eigenvalue weighted by molar-refractivity contribution is -0.130. The van der Waals surface area contributed by atoms with E-state index in [0.717, 1.165) is 5.56 Å². The zero-order valence-corrected chi connectivity index (χ0v) is 18.8. The van der Waals surface area contributed by atoms with Crippen LogP contribution >= 0.6 is 0 Å². The predicted octanol–water partition coefficient (Wildman–Crippen LogP) is 3.66. The van der Waals surface area contributed by atoms with Crippen molar-refractivity contribution in [2.24, 2.45) is 5.92 Å². The summed E-state index contributed by atoms with van der Waals surface area (Å²) < 4.78 is 0. The molecule has 1 aliphatic heterocycles. The molecule has 2 aromatic rings. The van der Waals surface area contributed by atoms with E-state index < -0.39 is 6.04 Å². The van der Waals surface area contributed by atoms with Crippen molar-refractivity contribution in [1.29, 1.82) is 0 Å². The van der Waals surface area contributed by atoms with Crippen LogP contribution in [-0.4, -0.2) is 53.8 Å². The van der Waals surface area contributed by atoms with Gasteiger partial charge in [-0.25, -0.2) is 4.79 Å². The van der Waals surface area contributed by atoms with Crippen LogP contribution in [0.2, 0.25) is 0 Å². The normalized spacial score (nSPS) is 15.0. The van der Waals surface area contributed by atoms with Crippen LogP contribution in [0.15, 0.2) is 60.7 Å². The third kappa shape index (κ3) is 5.87. The third-order valence-corrected chi connectivity index (χ3v) is 5.89. The number of nitrogens with zero attached hydrogens (tertiary/aromatic N) is 2. The Hall–Kier alpha value is -3.35. The average Bonchev–Trinajstić information content (AvgIpc) is 2.84. The standard InChI is InChI=1S/C25H32N4O3/c1-3-28(4-2)25(32)29-17-15-20(16-18-29)23(30)27-22(19-11-7-5-8-12-19)24(31)26-21-13-9-6-10-14-21/h5-14,20,22H,3-4,15-18H2,1-2H3,(H,26,31)(H,27,30). The van der Waals surface area contributed by atoms with E-state index >= 15 is 0 Å². The average molecular weight is 437 g/mol. The molecule has 0 aliphatic carbocycles. The van der Waals surface area contributed by atoms with Crippen molar-refractivity contribution < 1.29 is 14.4 Å². The van der Waals surface area contributed by atoms with Crippen molar-refractivity contribution >= 4 is 23.5 Å². The molecule has 1 fully saturated rings. The number of hydrogen-bond donors (Lipinski definition) is 2. The fraction of sp³-hybridized carbons (Fsp3) is 0.400. The molecular weight excluding hydrogens is 404 g/mol. The maximum Gasteiger partial charge on any atom is 0.319 e. The van der Waals surface area contributed by atoms with Crippen LogP contribution in [0, 0.1) is 5.92 Å². The summed E-state index contributed by atoms with van der Waals surface area (Å²) in [5.41, 5.74) is 1.40. The highest BCUT2D eigenvalue weighted by atomic mass is 16.2. The molecule has 0 aromatic heterocycles. The number of amides is 4. The Balaban J connectivity index is 1.64. The molecule has 1 atom stereocenters. The first-order valence-corrected chi connectivity index (χ1v) is 11.3. The maximum atomic E-state index is 13.1. The number of urea groups is 1. The van der Waals surface area contributed by atoms with Gasteiger partial charge in [-0.05, 0) is 44.4 Å². The summed E-state index contributed by atoms with van der Waals surface area (Å²) in [4.78, 5) is 42.3. The van der Waals surface area contributed by atoms with Gasteiger partial charge in [0.15, 0.2) is 0 Å². The molecule has 4 amide bonds. The van der Waals surface area contributed by atoms with Crippen LogP contribution in [0.1, 0.15) is 38.3 Å². The van der Waals surface area contributed by atoms with Gasteiger partial charge < -0.3 is 20.4 Å². The van der Waals surface area contributed by atoms with Gasteiger partial charge in [0, 0.05) is 37.8 Å². The second-order valence-corrected chi connectivity index (χ2v) is 7.92. The van der Waals surface area contributed by atoms with Gasteiger partial charge in [-0.3, -0.25) is 9.59 Å². The predicted molar refractivity (Wildman–Crippen MR) is 125 cm³/mol. The van der Waals surface area contributed by atoms with E-state index in [0.29, 0.717) is 44.7 Å². The third-order valence-electron chi connectivity index (χ3n) is 5.89. The summed E-state index contributed by atoms with van der Waals surface area (Å²) >= 11 is 0. The number of nitrogens with one attached hydrogen (secondary N) is 2. The van der Waals surface area contributed by atoms with E-state index in [1.54, 1.807) is 4.90 Å². The maximum absolute atomic E-state index is 13.1. The van der Waals surface area contributed by atoms with Crippen LogP contribution in [0.25, 0.3) is 0 Å². The Morgan fingerprint density at radius 3 is 2.06 bits per heavy atom. The summed E-state index contributed by atoms with van der Waals surface area (Å²) in [6.45, 7) is 6.35. The number of carbonyl (C=O) groups excluding carboxylic acids is 3. The van der Waals surface area contributed by atoms with E-state index in [2.05, 4.69) is 10.6 Å². The second-order valence-electron chi connectivity index (χ2n) is 7.92. The Morgan fingerprint density at radius 1 is 0.938 bits per heavy atom. The molecule has 1 saturated heterocycles. The summed E-state index contributed by atoms with van der Waals surface area (Å²) in [7, 11) is 0. The number of hydrogen-bond acceptors (Lipinski definition) is 3. The molecular formula is C25H32N4O3. The van der Waals surface area contributed by atoms with Gasteiger partial charge in [0.1, 0.15) is 6.04 Å². The van der Waals surface area contributed by atoms with Crippen molar-refractivity contribution in [3.63, 3.8) is 0 Å². The van der Waals surface area contributed by atoms with Crippen molar-refractivity contribution in [3.8, 4) is 0 Å². The second kappa shape index (κ2) is 11.3. The van der Waals surface area contributed by atoms with Crippen molar-refractivity contribution in [3.05, 3.63) is 66.2 Å². The van der Waals surface area contributed by atoms with Crippen LogP contribution in [0.4, 0.5) is 10.5 Å². The van der Waals surface area contributed by atoms with Gasteiger partial charge in [0.25, 0.3) is 5.91 Å². The number of anilines is 1. The van der Waals surface area contributed by atoms with E-state index in [9.17, 15) is 14.4 Å². The molecule has 1 unspecified atom stereocenters. The molecule has 0 bridgehead atoms. The summed E-state index contributed by atoms with van der Waals surface area (Å²) in [6, 6.07) is 17.7. The Bertz CT molecular complexity index is 892. The summed E-state index contributed by atoms with van der Waals surface area (Å²) in [5, 5.41) is 5.83. The number of para-hydroxylation sites is 1. The fourth-order valence-corrected chi connectivity index (χ4v) is 3.97. The highest BCUT2D eigenvalue weighted by Gasteiger charge is 2.31. The molecule has 2 N–H and O–H groups in total. The molecule has 7 heteroatoms. The van der Waals surface area contributed by atoms with E-state index in [1.807, 2.05) is 79.4 Å². The van der Waals surface area contributed by atoms with E-state index in [4.69, 9.17) is 0 Å². The molecule has 0 radical (unpaired) electrons. The first-order valence-electron chi connectivity index (χ1n) is 11.3. The Labute approximate surface area is 189 Å². The SMILES string of the molecule is CCN(CC)C(=O)N1CCC(C(=O)NC(C(=O)Nc2ccccc2)c2ccccc2)CC1. The van der Waals surface area contributed by atoms with Crippen LogP contribution in [0.3, 0.4) is 0 Å². The van der Waals surface area contributed by atoms with Gasteiger partial charge >= 0.3 is 6.03 Å². The van der Waals surface area contributed by atoms with Crippen molar-refractivity contribution in [1.82, 2.24) is 15.1 Å². The van der Waals surface area contributed by atoms with Crippen molar-refractivity contribution in [2.45, 2.75) is 32.7 Å². The van der Waals surface area contributed by atoms with Crippen LogP contribution < -0.4 is 10.6 Å². The lowest BCUT2D eigenvalue weighted by Crippen LogP contribution is -2.49.